The van der Waals surface area contributed by atoms with Crippen LogP contribution in [0.2, 0.25) is 0 Å². The van der Waals surface area contributed by atoms with Gasteiger partial charge in [-0.15, -0.1) is 0 Å². The average molecular weight is 394 g/mol. The van der Waals surface area contributed by atoms with E-state index in [4.69, 9.17) is 8.83 Å². The second-order valence-corrected chi connectivity index (χ2v) is 6.76. The summed E-state index contributed by atoms with van der Waals surface area (Å²) < 4.78 is 24.0. The number of anilines is 1. The van der Waals surface area contributed by atoms with Gasteiger partial charge in [0.2, 0.25) is 17.5 Å². The van der Waals surface area contributed by atoms with Crippen LogP contribution in [0.4, 0.5) is 10.3 Å². The minimum Gasteiger partial charge on any atom is -0.459 e. The molecule has 1 saturated heterocycles. The number of carbonyl (C=O) groups excluding carboxylic acids is 1. The molecule has 0 saturated carbocycles. The van der Waals surface area contributed by atoms with Crippen molar-refractivity contribution < 1.29 is 18.0 Å². The number of nitriles is 1. The van der Waals surface area contributed by atoms with Crippen molar-refractivity contribution >= 4 is 11.8 Å². The smallest absolute Gasteiger partial charge is 0.266 e. The lowest BCUT2D eigenvalue weighted by molar-refractivity contribution is -0.131. The molecule has 3 aromatic rings. The van der Waals surface area contributed by atoms with Crippen molar-refractivity contribution in [1.29, 1.82) is 5.26 Å². The molecule has 2 aromatic heterocycles. The summed E-state index contributed by atoms with van der Waals surface area (Å²) in [5.41, 5.74) is 1.14. The Morgan fingerprint density at radius 2 is 1.93 bits per heavy atom. The Morgan fingerprint density at radius 1 is 1.17 bits per heavy atom. The van der Waals surface area contributed by atoms with Gasteiger partial charge in [0.25, 0.3) is 5.89 Å². The van der Waals surface area contributed by atoms with Crippen LogP contribution in [0.25, 0.3) is 11.7 Å². The molecule has 0 radical (unpaired) electrons. The van der Waals surface area contributed by atoms with Crippen LogP contribution in [0.3, 0.4) is 0 Å². The molecule has 148 valence electrons. The molecule has 0 N–H and O–H groups in total. The van der Waals surface area contributed by atoms with E-state index in [1.54, 1.807) is 29.2 Å². The molecule has 1 aliphatic rings. The standard InChI is InChI=1S/C21H19FN4O3/c22-16-6-3-15(4-7-16)5-8-19(27)25-9-11-26(12-10-25)21-17(14-23)24-20(29-21)18-2-1-13-28-18/h1-4,6-7,13H,5,8-12H2. The highest BCUT2D eigenvalue weighted by Gasteiger charge is 2.26. The molecule has 4 rings (SSSR count). The summed E-state index contributed by atoms with van der Waals surface area (Å²) >= 11 is 0. The molecule has 1 aliphatic heterocycles. The summed E-state index contributed by atoms with van der Waals surface area (Å²) in [4.78, 5) is 20.4. The molecule has 1 aromatic carbocycles. The summed E-state index contributed by atoms with van der Waals surface area (Å²) in [7, 11) is 0. The van der Waals surface area contributed by atoms with Crippen molar-refractivity contribution in [2.75, 3.05) is 31.1 Å². The number of hydrogen-bond donors (Lipinski definition) is 0. The van der Waals surface area contributed by atoms with Crippen molar-refractivity contribution in [3.8, 4) is 17.7 Å². The zero-order valence-corrected chi connectivity index (χ0v) is 15.7. The SMILES string of the molecule is N#Cc1nc(-c2ccco2)oc1N1CCN(C(=O)CCc2ccc(F)cc2)CC1. The van der Waals surface area contributed by atoms with Crippen LogP contribution < -0.4 is 4.90 Å². The summed E-state index contributed by atoms with van der Waals surface area (Å²) in [6.07, 6.45) is 2.47. The molecule has 0 bridgehead atoms. The van der Waals surface area contributed by atoms with Gasteiger partial charge in [-0.1, -0.05) is 12.1 Å². The molecule has 0 atom stereocenters. The van der Waals surface area contributed by atoms with Crippen LogP contribution in [-0.2, 0) is 11.2 Å². The van der Waals surface area contributed by atoms with Gasteiger partial charge in [-0.05, 0) is 36.2 Å². The van der Waals surface area contributed by atoms with Crippen molar-refractivity contribution in [1.82, 2.24) is 9.88 Å². The third-order valence-corrected chi connectivity index (χ3v) is 4.91. The number of halogens is 1. The largest absolute Gasteiger partial charge is 0.459 e. The topological polar surface area (TPSA) is 86.5 Å². The van der Waals surface area contributed by atoms with Gasteiger partial charge >= 0.3 is 0 Å². The number of benzene rings is 1. The maximum Gasteiger partial charge on any atom is 0.266 e. The molecule has 1 fully saturated rings. The van der Waals surface area contributed by atoms with Crippen LogP contribution in [0, 0.1) is 17.1 Å². The number of aromatic nitrogens is 1. The third kappa shape index (κ3) is 4.14. The Hall–Kier alpha value is -3.60. The lowest BCUT2D eigenvalue weighted by atomic mass is 10.1. The van der Waals surface area contributed by atoms with Gasteiger partial charge in [-0.25, -0.2) is 4.39 Å². The zero-order chi connectivity index (χ0) is 20.2. The van der Waals surface area contributed by atoms with E-state index in [0.29, 0.717) is 50.7 Å². The van der Waals surface area contributed by atoms with Gasteiger partial charge in [0.15, 0.2) is 5.76 Å². The number of nitrogens with zero attached hydrogens (tertiary/aromatic N) is 4. The Balaban J connectivity index is 1.35. The maximum atomic E-state index is 13.0. The van der Waals surface area contributed by atoms with Crippen molar-refractivity contribution in [3.63, 3.8) is 0 Å². The first-order valence-corrected chi connectivity index (χ1v) is 9.36. The fourth-order valence-electron chi connectivity index (χ4n) is 3.32. The van der Waals surface area contributed by atoms with Crippen molar-refractivity contribution in [2.24, 2.45) is 0 Å². The Kier molecular flexibility index (Phi) is 5.29. The lowest BCUT2D eigenvalue weighted by Crippen LogP contribution is -2.49. The molecule has 29 heavy (non-hydrogen) atoms. The zero-order valence-electron chi connectivity index (χ0n) is 15.7. The van der Waals surface area contributed by atoms with Gasteiger partial charge < -0.3 is 18.6 Å². The molecule has 7 nitrogen and oxygen atoms in total. The van der Waals surface area contributed by atoms with E-state index >= 15 is 0 Å². The number of furan rings is 1. The Labute approximate surface area is 167 Å². The minimum atomic E-state index is -0.282. The number of oxazole rings is 1. The lowest BCUT2D eigenvalue weighted by Gasteiger charge is -2.34. The van der Waals surface area contributed by atoms with E-state index in [0.717, 1.165) is 5.56 Å². The number of carbonyl (C=O) groups is 1. The van der Waals surface area contributed by atoms with Gasteiger partial charge in [-0.2, -0.15) is 10.2 Å². The average Bonchev–Trinajstić information content (AvgIpc) is 3.43. The van der Waals surface area contributed by atoms with Crippen molar-refractivity contribution in [2.45, 2.75) is 12.8 Å². The highest BCUT2D eigenvalue weighted by Crippen LogP contribution is 2.29. The molecular weight excluding hydrogens is 375 g/mol. The number of amides is 1. The summed E-state index contributed by atoms with van der Waals surface area (Å²) in [5.74, 6) is 0.901. The Bertz CT molecular complexity index is 1010. The van der Waals surface area contributed by atoms with E-state index in [9.17, 15) is 14.4 Å². The van der Waals surface area contributed by atoms with Gasteiger partial charge in [0, 0.05) is 32.6 Å². The first-order chi connectivity index (χ1) is 14.1. The van der Waals surface area contributed by atoms with Gasteiger partial charge in [0.05, 0.1) is 6.26 Å². The predicted octanol–water partition coefficient (Wildman–Crippen LogP) is 3.23. The molecule has 0 unspecified atom stereocenters. The van der Waals surface area contributed by atoms with Crippen LogP contribution in [0.5, 0.6) is 0 Å². The van der Waals surface area contributed by atoms with E-state index in [1.165, 1.54) is 18.4 Å². The van der Waals surface area contributed by atoms with Crippen LogP contribution in [0.1, 0.15) is 17.7 Å². The minimum absolute atomic E-state index is 0.0586. The molecule has 8 heteroatoms. The Morgan fingerprint density at radius 3 is 2.59 bits per heavy atom. The summed E-state index contributed by atoms with van der Waals surface area (Å²) in [6.45, 7) is 2.15. The normalized spacial score (nSPS) is 14.1. The van der Waals surface area contributed by atoms with Gasteiger partial charge in [0.1, 0.15) is 11.9 Å². The van der Waals surface area contributed by atoms with Crippen LogP contribution in [-0.4, -0.2) is 42.0 Å². The monoisotopic (exact) mass is 394 g/mol. The number of piperazine rings is 1. The van der Waals surface area contributed by atoms with E-state index in [2.05, 4.69) is 11.1 Å². The number of rotatable bonds is 5. The third-order valence-electron chi connectivity index (χ3n) is 4.91. The second-order valence-electron chi connectivity index (χ2n) is 6.76. The van der Waals surface area contributed by atoms with E-state index < -0.39 is 0 Å². The summed E-state index contributed by atoms with van der Waals surface area (Å²) in [6, 6.07) is 11.7. The van der Waals surface area contributed by atoms with Crippen LogP contribution >= 0.6 is 0 Å². The quantitative estimate of drug-likeness (QED) is 0.660. The van der Waals surface area contributed by atoms with E-state index in [1.807, 2.05) is 4.90 Å². The fourth-order valence-corrected chi connectivity index (χ4v) is 3.32. The summed E-state index contributed by atoms with van der Waals surface area (Å²) in [5, 5.41) is 9.38. The molecular formula is C21H19FN4O3. The first-order valence-electron chi connectivity index (χ1n) is 9.36. The number of hydrogen-bond acceptors (Lipinski definition) is 6. The number of aryl methyl sites for hydroxylation is 1. The van der Waals surface area contributed by atoms with Crippen molar-refractivity contribution in [3.05, 3.63) is 59.7 Å². The fraction of sp³-hybridized carbons (Fsp3) is 0.286. The molecule has 0 aliphatic carbocycles. The maximum absolute atomic E-state index is 13.0. The second kappa shape index (κ2) is 8.19. The molecule has 1 amide bonds. The first kappa shape index (κ1) is 18.7. The predicted molar refractivity (Wildman–Crippen MR) is 102 cm³/mol. The molecule has 0 spiro atoms. The van der Waals surface area contributed by atoms with Crippen LogP contribution in [0.15, 0.2) is 51.5 Å². The van der Waals surface area contributed by atoms with Gasteiger partial charge in [-0.3, -0.25) is 4.79 Å². The van der Waals surface area contributed by atoms with E-state index in [-0.39, 0.29) is 23.3 Å². The highest BCUT2D eigenvalue weighted by molar-refractivity contribution is 5.76. The highest BCUT2D eigenvalue weighted by atomic mass is 19.1. The molecule has 3 heterocycles.